The number of halogens is 1. The van der Waals surface area contributed by atoms with Gasteiger partial charge in [-0.2, -0.15) is 0 Å². The second-order valence-corrected chi connectivity index (χ2v) is 6.48. The Kier molecular flexibility index (Phi) is 5.97. The molecule has 5 nitrogen and oxygen atoms in total. The normalized spacial score (nSPS) is 13.1. The predicted molar refractivity (Wildman–Crippen MR) is 95.4 cm³/mol. The predicted octanol–water partition coefficient (Wildman–Crippen LogP) is 3.27. The fraction of sp³-hybridized carbons (Fsp3) is 0.300. The molecule has 0 aliphatic carbocycles. The Morgan fingerprint density at radius 1 is 1.19 bits per heavy atom. The number of carbonyl (C=O) groups is 2. The number of nitrogens with one attached hydrogen (secondary N) is 1. The number of amides is 1. The van der Waals surface area contributed by atoms with Crippen LogP contribution in [0, 0.1) is 5.82 Å². The smallest absolute Gasteiger partial charge is 0.333 e. The van der Waals surface area contributed by atoms with Crippen LogP contribution in [0.2, 0.25) is 0 Å². The molecule has 2 rings (SSSR count). The first-order valence-corrected chi connectivity index (χ1v) is 8.27. The van der Waals surface area contributed by atoms with Crippen molar-refractivity contribution in [3.63, 3.8) is 0 Å². The number of hydrogen-bond donors (Lipinski definition) is 2. The third-order valence-electron chi connectivity index (χ3n) is 3.87. The maximum atomic E-state index is 13.1. The zero-order chi connectivity index (χ0) is 19.3. The van der Waals surface area contributed by atoms with Crippen LogP contribution >= 0.6 is 0 Å². The van der Waals surface area contributed by atoms with Crippen LogP contribution in [-0.2, 0) is 21.5 Å². The van der Waals surface area contributed by atoms with E-state index in [4.69, 9.17) is 4.74 Å². The zero-order valence-corrected chi connectivity index (χ0v) is 15.0. The van der Waals surface area contributed by atoms with E-state index in [9.17, 15) is 19.1 Å². The number of benzene rings is 2. The number of carbonyl (C=O) groups excluding carboxylic acids is 1. The summed E-state index contributed by atoms with van der Waals surface area (Å²) in [7, 11) is 0. The minimum Gasteiger partial charge on any atom is -0.491 e. The summed E-state index contributed by atoms with van der Waals surface area (Å²) >= 11 is 0. The van der Waals surface area contributed by atoms with Crippen LogP contribution < -0.4 is 10.1 Å². The summed E-state index contributed by atoms with van der Waals surface area (Å²) in [6.07, 6.45) is 0.00664. The van der Waals surface area contributed by atoms with Gasteiger partial charge < -0.3 is 15.2 Å². The van der Waals surface area contributed by atoms with Gasteiger partial charge in [-0.15, -0.1) is 0 Å². The van der Waals surface area contributed by atoms with Gasteiger partial charge in [0.25, 0.3) is 0 Å². The first kappa shape index (κ1) is 19.4. The van der Waals surface area contributed by atoms with Gasteiger partial charge in [-0.05, 0) is 56.2 Å². The molecule has 0 aromatic heterocycles. The van der Waals surface area contributed by atoms with Crippen molar-refractivity contribution in [3.05, 3.63) is 65.5 Å². The van der Waals surface area contributed by atoms with Crippen LogP contribution in [0.3, 0.4) is 0 Å². The molecular formula is C20H22FNO4. The molecule has 6 heteroatoms. The Balaban J connectivity index is 2.16. The van der Waals surface area contributed by atoms with Crippen LogP contribution in [0.1, 0.15) is 31.9 Å². The largest absolute Gasteiger partial charge is 0.491 e. The molecule has 26 heavy (non-hydrogen) atoms. The van der Waals surface area contributed by atoms with E-state index >= 15 is 0 Å². The topological polar surface area (TPSA) is 75.6 Å². The Labute approximate surface area is 151 Å². The number of rotatable bonds is 7. The Bertz CT molecular complexity index is 789. The molecule has 0 saturated carbocycles. The highest BCUT2D eigenvalue weighted by Crippen LogP contribution is 2.22. The SMILES string of the molecule is CC(C)Oc1cccc(CC(=O)NC(C)(C(=O)O)c2ccc(F)cc2)c1. The highest BCUT2D eigenvalue weighted by Gasteiger charge is 2.36. The van der Waals surface area contributed by atoms with E-state index in [0.29, 0.717) is 11.3 Å². The second kappa shape index (κ2) is 7.99. The van der Waals surface area contributed by atoms with Crippen LogP contribution in [0.4, 0.5) is 4.39 Å². The molecular weight excluding hydrogens is 337 g/mol. The maximum Gasteiger partial charge on any atom is 0.333 e. The molecule has 1 amide bonds. The van der Waals surface area contributed by atoms with E-state index in [0.717, 1.165) is 12.1 Å². The highest BCUT2D eigenvalue weighted by molar-refractivity contribution is 5.88. The second-order valence-electron chi connectivity index (χ2n) is 6.48. The summed E-state index contributed by atoms with van der Waals surface area (Å²) < 4.78 is 18.7. The van der Waals surface area contributed by atoms with Gasteiger partial charge in [-0.3, -0.25) is 4.79 Å². The Hall–Kier alpha value is -2.89. The molecule has 1 unspecified atom stereocenters. The third kappa shape index (κ3) is 4.81. The minimum absolute atomic E-state index is 0.000635. The van der Waals surface area contributed by atoms with E-state index in [1.165, 1.54) is 19.1 Å². The number of hydrogen-bond acceptors (Lipinski definition) is 3. The molecule has 2 aromatic rings. The van der Waals surface area contributed by atoms with Crippen molar-refractivity contribution in [1.29, 1.82) is 0 Å². The average molecular weight is 359 g/mol. The summed E-state index contributed by atoms with van der Waals surface area (Å²) in [5, 5.41) is 12.1. The molecule has 2 aromatic carbocycles. The molecule has 1 atom stereocenters. The first-order valence-electron chi connectivity index (χ1n) is 8.27. The molecule has 0 aliphatic rings. The van der Waals surface area contributed by atoms with E-state index in [2.05, 4.69) is 5.32 Å². The van der Waals surface area contributed by atoms with Crippen molar-refractivity contribution in [2.75, 3.05) is 0 Å². The Morgan fingerprint density at radius 3 is 2.42 bits per heavy atom. The number of aliphatic carboxylic acids is 1. The fourth-order valence-corrected chi connectivity index (χ4v) is 2.54. The van der Waals surface area contributed by atoms with Crippen molar-refractivity contribution in [2.24, 2.45) is 0 Å². The lowest BCUT2D eigenvalue weighted by Gasteiger charge is -2.27. The monoisotopic (exact) mass is 359 g/mol. The first-order chi connectivity index (χ1) is 12.2. The Morgan fingerprint density at radius 2 is 1.85 bits per heavy atom. The maximum absolute atomic E-state index is 13.1. The highest BCUT2D eigenvalue weighted by atomic mass is 19.1. The van der Waals surface area contributed by atoms with Crippen molar-refractivity contribution >= 4 is 11.9 Å². The summed E-state index contributed by atoms with van der Waals surface area (Å²) in [6, 6.07) is 12.1. The van der Waals surface area contributed by atoms with Gasteiger partial charge in [0.2, 0.25) is 5.91 Å². The molecule has 0 heterocycles. The van der Waals surface area contributed by atoms with E-state index in [1.54, 1.807) is 24.3 Å². The van der Waals surface area contributed by atoms with Gasteiger partial charge in [0.1, 0.15) is 11.6 Å². The molecule has 0 fully saturated rings. The van der Waals surface area contributed by atoms with Crippen LogP contribution in [-0.4, -0.2) is 23.1 Å². The summed E-state index contributed by atoms with van der Waals surface area (Å²) in [4.78, 5) is 24.2. The van der Waals surface area contributed by atoms with E-state index < -0.39 is 23.2 Å². The van der Waals surface area contributed by atoms with Crippen molar-refractivity contribution < 1.29 is 23.8 Å². The minimum atomic E-state index is -1.66. The summed E-state index contributed by atoms with van der Waals surface area (Å²) in [5.41, 5.74) is -0.666. The summed E-state index contributed by atoms with van der Waals surface area (Å²) in [5.74, 6) is -1.52. The van der Waals surface area contributed by atoms with Crippen LogP contribution in [0.25, 0.3) is 0 Å². The number of carboxylic acids is 1. The molecule has 0 aliphatic heterocycles. The quantitative estimate of drug-likeness (QED) is 0.796. The van der Waals surface area contributed by atoms with Gasteiger partial charge >= 0.3 is 5.97 Å². The average Bonchev–Trinajstić information content (AvgIpc) is 2.54. The lowest BCUT2D eigenvalue weighted by molar-refractivity contribution is -0.147. The van der Waals surface area contributed by atoms with Gasteiger partial charge in [0, 0.05) is 0 Å². The summed E-state index contributed by atoms with van der Waals surface area (Å²) in [6.45, 7) is 5.18. The lowest BCUT2D eigenvalue weighted by atomic mass is 9.91. The molecule has 138 valence electrons. The van der Waals surface area contributed by atoms with Gasteiger partial charge in [-0.25, -0.2) is 9.18 Å². The zero-order valence-electron chi connectivity index (χ0n) is 15.0. The van der Waals surface area contributed by atoms with Crippen molar-refractivity contribution in [2.45, 2.75) is 38.8 Å². The third-order valence-corrected chi connectivity index (χ3v) is 3.87. The van der Waals surface area contributed by atoms with Crippen molar-refractivity contribution in [1.82, 2.24) is 5.32 Å². The number of carboxylic acid groups (broad SMARTS) is 1. The molecule has 2 N–H and O–H groups in total. The fourth-order valence-electron chi connectivity index (χ4n) is 2.54. The molecule has 0 radical (unpaired) electrons. The van der Waals surface area contributed by atoms with Crippen LogP contribution in [0.5, 0.6) is 5.75 Å². The molecule has 0 saturated heterocycles. The van der Waals surface area contributed by atoms with Gasteiger partial charge in [0.05, 0.1) is 12.5 Å². The van der Waals surface area contributed by atoms with E-state index in [1.807, 2.05) is 13.8 Å². The number of ether oxygens (including phenoxy) is 1. The van der Waals surface area contributed by atoms with Crippen molar-refractivity contribution in [3.8, 4) is 5.75 Å². The van der Waals surface area contributed by atoms with Gasteiger partial charge in [-0.1, -0.05) is 24.3 Å². The van der Waals surface area contributed by atoms with Crippen LogP contribution in [0.15, 0.2) is 48.5 Å². The standard InChI is InChI=1S/C20H22FNO4/c1-13(2)26-17-6-4-5-14(11-17)12-18(23)22-20(3,19(24)25)15-7-9-16(21)10-8-15/h4-11,13H,12H2,1-3H3,(H,22,23)(H,24,25). The molecule has 0 bridgehead atoms. The van der Waals surface area contributed by atoms with Gasteiger partial charge in [0.15, 0.2) is 5.54 Å². The van der Waals surface area contributed by atoms with E-state index in [-0.39, 0.29) is 18.1 Å². The lowest BCUT2D eigenvalue weighted by Crippen LogP contribution is -2.50. The molecule has 0 spiro atoms.